The maximum absolute atomic E-state index is 11.5. The first kappa shape index (κ1) is 12.0. The van der Waals surface area contributed by atoms with Crippen molar-refractivity contribution in [2.75, 3.05) is 6.54 Å². The average Bonchev–Trinajstić information content (AvgIpc) is 2.17. The summed E-state index contributed by atoms with van der Waals surface area (Å²) in [6, 6.07) is 4.54. The zero-order valence-corrected chi connectivity index (χ0v) is 10.2. The van der Waals surface area contributed by atoms with E-state index in [1.807, 2.05) is 29.5 Å². The number of benzene rings is 1. The molecule has 0 atom stereocenters. The summed E-state index contributed by atoms with van der Waals surface area (Å²) >= 11 is 1.98. The largest absolute Gasteiger partial charge is 0.478 e. The molecule has 0 spiro atoms. The number of carbonyl (C=O) groups is 2. The number of carboxylic acids is 1. The Morgan fingerprint density at radius 1 is 1.33 bits per heavy atom. The number of carboxylic acid groups (broad SMARTS) is 1. The van der Waals surface area contributed by atoms with Crippen LogP contribution < -0.4 is 5.32 Å². The van der Waals surface area contributed by atoms with E-state index < -0.39 is 5.97 Å². The van der Waals surface area contributed by atoms with Gasteiger partial charge in [0.05, 0.1) is 5.56 Å². The van der Waals surface area contributed by atoms with Gasteiger partial charge < -0.3 is 10.4 Å². The maximum atomic E-state index is 11.5. The van der Waals surface area contributed by atoms with Gasteiger partial charge >= 0.3 is 5.97 Å². The van der Waals surface area contributed by atoms with Crippen LogP contribution in [0.4, 0.5) is 0 Å². The van der Waals surface area contributed by atoms with Crippen molar-refractivity contribution in [1.82, 2.24) is 5.32 Å². The molecule has 5 heteroatoms. The van der Waals surface area contributed by atoms with E-state index in [1.54, 1.807) is 6.07 Å². The molecule has 0 bridgehead atoms. The molecular formula is C10H10INO3. The molecule has 0 aliphatic heterocycles. The van der Waals surface area contributed by atoms with Gasteiger partial charge in [-0.05, 0) is 47.7 Å². The first-order valence-electron chi connectivity index (χ1n) is 4.36. The monoisotopic (exact) mass is 319 g/mol. The fourth-order valence-corrected chi connectivity index (χ4v) is 1.78. The standard InChI is InChI=1S/C10H10INO3/c1-2-12-9(13)6-3-7(10(14)15)5-8(11)4-6/h3-5H,2H2,1H3,(H,12,13)(H,14,15). The molecule has 0 heterocycles. The molecule has 80 valence electrons. The number of rotatable bonds is 3. The molecule has 1 rings (SSSR count). The molecule has 0 aliphatic carbocycles. The van der Waals surface area contributed by atoms with Crippen LogP contribution in [0.15, 0.2) is 18.2 Å². The van der Waals surface area contributed by atoms with E-state index in [-0.39, 0.29) is 11.5 Å². The van der Waals surface area contributed by atoms with E-state index in [2.05, 4.69) is 5.32 Å². The average molecular weight is 319 g/mol. The van der Waals surface area contributed by atoms with Crippen LogP contribution in [-0.4, -0.2) is 23.5 Å². The van der Waals surface area contributed by atoms with Crippen molar-refractivity contribution < 1.29 is 14.7 Å². The van der Waals surface area contributed by atoms with E-state index in [0.717, 1.165) is 3.57 Å². The Kier molecular flexibility index (Phi) is 4.07. The van der Waals surface area contributed by atoms with Gasteiger partial charge in [-0.1, -0.05) is 0 Å². The molecule has 0 saturated heterocycles. The highest BCUT2D eigenvalue weighted by atomic mass is 127. The summed E-state index contributed by atoms with van der Waals surface area (Å²) in [4.78, 5) is 22.2. The van der Waals surface area contributed by atoms with Gasteiger partial charge in [0.1, 0.15) is 0 Å². The molecule has 0 radical (unpaired) electrons. The van der Waals surface area contributed by atoms with Crippen LogP contribution in [0.2, 0.25) is 0 Å². The molecule has 1 amide bonds. The summed E-state index contributed by atoms with van der Waals surface area (Å²) < 4.78 is 0.730. The van der Waals surface area contributed by atoms with Gasteiger partial charge in [0.25, 0.3) is 5.91 Å². The Morgan fingerprint density at radius 3 is 2.47 bits per heavy atom. The Bertz CT molecular complexity index is 404. The molecule has 0 aliphatic rings. The highest BCUT2D eigenvalue weighted by Crippen LogP contribution is 2.12. The number of hydrogen-bond donors (Lipinski definition) is 2. The third-order valence-corrected chi connectivity index (χ3v) is 2.37. The van der Waals surface area contributed by atoms with Crippen molar-refractivity contribution in [3.63, 3.8) is 0 Å². The predicted octanol–water partition coefficient (Wildman–Crippen LogP) is 1.74. The van der Waals surface area contributed by atoms with Gasteiger partial charge in [0.2, 0.25) is 0 Å². The van der Waals surface area contributed by atoms with Crippen LogP contribution in [-0.2, 0) is 0 Å². The number of nitrogens with one attached hydrogen (secondary N) is 1. The van der Waals surface area contributed by atoms with Crippen molar-refractivity contribution in [2.24, 2.45) is 0 Å². The minimum atomic E-state index is -1.03. The Labute approximate surface area is 101 Å². The van der Waals surface area contributed by atoms with Crippen molar-refractivity contribution in [2.45, 2.75) is 6.92 Å². The Hall–Kier alpha value is -1.11. The van der Waals surface area contributed by atoms with Crippen LogP contribution in [0, 0.1) is 3.57 Å². The zero-order valence-electron chi connectivity index (χ0n) is 8.08. The maximum Gasteiger partial charge on any atom is 0.335 e. The van der Waals surface area contributed by atoms with Crippen LogP contribution >= 0.6 is 22.6 Å². The van der Waals surface area contributed by atoms with Crippen molar-refractivity contribution in [3.8, 4) is 0 Å². The van der Waals surface area contributed by atoms with Crippen LogP contribution in [0.3, 0.4) is 0 Å². The lowest BCUT2D eigenvalue weighted by molar-refractivity contribution is 0.0697. The van der Waals surface area contributed by atoms with E-state index in [1.165, 1.54) is 12.1 Å². The topological polar surface area (TPSA) is 66.4 Å². The molecule has 0 fully saturated rings. The Morgan fingerprint density at radius 2 is 1.93 bits per heavy atom. The number of amides is 1. The van der Waals surface area contributed by atoms with Gasteiger partial charge in [0.15, 0.2) is 0 Å². The molecule has 4 nitrogen and oxygen atoms in total. The molecule has 15 heavy (non-hydrogen) atoms. The van der Waals surface area contributed by atoms with Crippen LogP contribution in [0.25, 0.3) is 0 Å². The number of carbonyl (C=O) groups excluding carboxylic acids is 1. The first-order chi connectivity index (χ1) is 7.04. The van der Waals surface area contributed by atoms with Crippen molar-refractivity contribution in [1.29, 1.82) is 0 Å². The minimum absolute atomic E-state index is 0.128. The number of hydrogen-bond acceptors (Lipinski definition) is 2. The SMILES string of the molecule is CCNC(=O)c1cc(I)cc(C(=O)O)c1. The lowest BCUT2D eigenvalue weighted by Gasteiger charge is -2.04. The smallest absolute Gasteiger partial charge is 0.335 e. The van der Waals surface area contributed by atoms with Gasteiger partial charge in [-0.15, -0.1) is 0 Å². The van der Waals surface area contributed by atoms with Crippen molar-refractivity contribution >= 4 is 34.5 Å². The van der Waals surface area contributed by atoms with Crippen LogP contribution in [0.1, 0.15) is 27.6 Å². The lowest BCUT2D eigenvalue weighted by Crippen LogP contribution is -2.23. The van der Waals surface area contributed by atoms with Gasteiger partial charge in [-0.25, -0.2) is 4.79 Å². The summed E-state index contributed by atoms with van der Waals surface area (Å²) in [6.07, 6.45) is 0. The summed E-state index contributed by atoms with van der Waals surface area (Å²) in [7, 11) is 0. The second-order valence-electron chi connectivity index (χ2n) is 2.89. The number of aromatic carboxylic acids is 1. The third-order valence-electron chi connectivity index (χ3n) is 1.74. The molecule has 1 aromatic rings. The summed E-state index contributed by atoms with van der Waals surface area (Å²) in [6.45, 7) is 2.33. The van der Waals surface area contributed by atoms with E-state index >= 15 is 0 Å². The van der Waals surface area contributed by atoms with Gasteiger partial charge in [-0.2, -0.15) is 0 Å². The van der Waals surface area contributed by atoms with E-state index in [9.17, 15) is 9.59 Å². The molecule has 0 saturated carbocycles. The first-order valence-corrected chi connectivity index (χ1v) is 5.44. The highest BCUT2D eigenvalue weighted by Gasteiger charge is 2.10. The van der Waals surface area contributed by atoms with E-state index in [0.29, 0.717) is 12.1 Å². The highest BCUT2D eigenvalue weighted by molar-refractivity contribution is 14.1. The van der Waals surface area contributed by atoms with E-state index in [4.69, 9.17) is 5.11 Å². The third kappa shape index (κ3) is 3.19. The minimum Gasteiger partial charge on any atom is -0.478 e. The molecule has 0 aromatic heterocycles. The lowest BCUT2D eigenvalue weighted by atomic mass is 10.1. The Balaban J connectivity index is 3.09. The normalized spacial score (nSPS) is 9.73. The van der Waals surface area contributed by atoms with Crippen LogP contribution in [0.5, 0.6) is 0 Å². The van der Waals surface area contributed by atoms with Crippen molar-refractivity contribution in [3.05, 3.63) is 32.9 Å². The van der Waals surface area contributed by atoms with Gasteiger partial charge in [-0.3, -0.25) is 4.79 Å². The fourth-order valence-electron chi connectivity index (χ4n) is 1.11. The number of halogens is 1. The molecule has 2 N–H and O–H groups in total. The molecule has 1 aromatic carbocycles. The van der Waals surface area contributed by atoms with Gasteiger partial charge in [0, 0.05) is 15.7 Å². The quantitative estimate of drug-likeness (QED) is 0.834. The fraction of sp³-hybridized carbons (Fsp3) is 0.200. The predicted molar refractivity (Wildman–Crippen MR) is 64.1 cm³/mol. The summed E-state index contributed by atoms with van der Waals surface area (Å²) in [5.41, 5.74) is 0.504. The second kappa shape index (κ2) is 5.11. The second-order valence-corrected chi connectivity index (χ2v) is 4.14. The molecule has 0 unspecified atom stereocenters. The summed E-state index contributed by atoms with van der Waals surface area (Å²) in [5.74, 6) is -1.28. The molecular weight excluding hydrogens is 309 g/mol. The summed E-state index contributed by atoms with van der Waals surface area (Å²) in [5, 5.41) is 11.4. The zero-order chi connectivity index (χ0) is 11.4.